The van der Waals surface area contributed by atoms with Gasteiger partial charge in [-0.15, -0.1) is 12.4 Å². The lowest BCUT2D eigenvalue weighted by Gasteiger charge is -2.33. The summed E-state index contributed by atoms with van der Waals surface area (Å²) in [5.74, 6) is 0.821. The normalized spacial score (nSPS) is 20.3. The highest BCUT2D eigenvalue weighted by molar-refractivity contribution is 7.08. The maximum atomic E-state index is 12.8. The van der Waals surface area contributed by atoms with E-state index in [9.17, 15) is 4.79 Å². The smallest absolute Gasteiger partial charge is 0.258 e. The third-order valence-electron chi connectivity index (χ3n) is 4.11. The first-order valence-electron chi connectivity index (χ1n) is 7.14. The molecule has 1 aromatic carbocycles. The van der Waals surface area contributed by atoms with E-state index in [0.29, 0.717) is 12.2 Å². The number of rotatable bonds is 1. The first-order chi connectivity index (χ1) is 10.3. The first kappa shape index (κ1) is 15.3. The Kier molecular flexibility index (Phi) is 4.38. The van der Waals surface area contributed by atoms with Crippen LogP contribution in [0.4, 0.5) is 0 Å². The van der Waals surface area contributed by atoms with Crippen LogP contribution in [0.15, 0.2) is 35.0 Å². The van der Waals surface area contributed by atoms with E-state index in [1.165, 1.54) is 0 Å². The lowest BCUT2D eigenvalue weighted by Crippen LogP contribution is -2.54. The van der Waals surface area contributed by atoms with Crippen molar-refractivity contribution in [3.05, 3.63) is 40.6 Å². The van der Waals surface area contributed by atoms with E-state index in [4.69, 9.17) is 4.74 Å². The summed E-state index contributed by atoms with van der Waals surface area (Å²) in [5, 5.41) is 7.46. The third kappa shape index (κ3) is 2.49. The Hall–Kier alpha value is -1.56. The lowest BCUT2D eigenvalue weighted by molar-refractivity contribution is 0.0606. The summed E-state index contributed by atoms with van der Waals surface area (Å²) < 4.78 is 6.05. The highest BCUT2D eigenvalue weighted by Gasteiger charge is 2.33. The Morgan fingerprint density at radius 1 is 1.27 bits per heavy atom. The van der Waals surface area contributed by atoms with Gasteiger partial charge < -0.3 is 15.0 Å². The molecule has 1 N–H and O–H groups in total. The summed E-state index contributed by atoms with van der Waals surface area (Å²) >= 11 is 1.65. The van der Waals surface area contributed by atoms with Crippen LogP contribution >= 0.6 is 23.7 Å². The lowest BCUT2D eigenvalue weighted by atomic mass is 10.0. The average Bonchev–Trinajstić information content (AvgIpc) is 3.02. The van der Waals surface area contributed by atoms with Gasteiger partial charge in [-0.2, -0.15) is 11.3 Å². The van der Waals surface area contributed by atoms with Crippen molar-refractivity contribution in [3.63, 3.8) is 0 Å². The minimum atomic E-state index is 0. The van der Waals surface area contributed by atoms with Gasteiger partial charge in [0, 0.05) is 25.2 Å². The van der Waals surface area contributed by atoms with Gasteiger partial charge in [0.1, 0.15) is 12.4 Å². The zero-order valence-electron chi connectivity index (χ0n) is 12.0. The van der Waals surface area contributed by atoms with Crippen LogP contribution in [0.1, 0.15) is 10.4 Å². The van der Waals surface area contributed by atoms with Crippen molar-refractivity contribution in [3.8, 4) is 16.9 Å². The van der Waals surface area contributed by atoms with E-state index >= 15 is 0 Å². The van der Waals surface area contributed by atoms with Gasteiger partial charge >= 0.3 is 0 Å². The predicted molar refractivity (Wildman–Crippen MR) is 90.2 cm³/mol. The van der Waals surface area contributed by atoms with E-state index in [1.807, 2.05) is 28.5 Å². The summed E-state index contributed by atoms with van der Waals surface area (Å²) in [6, 6.07) is 8.02. The van der Waals surface area contributed by atoms with Gasteiger partial charge in [0.15, 0.2) is 0 Å². The van der Waals surface area contributed by atoms with Gasteiger partial charge in [-0.05, 0) is 28.5 Å². The molecular weight excluding hydrogens is 320 g/mol. The maximum absolute atomic E-state index is 12.8. The number of hydrogen-bond acceptors (Lipinski definition) is 4. The van der Waals surface area contributed by atoms with Gasteiger partial charge in [-0.3, -0.25) is 4.79 Å². The number of para-hydroxylation sites is 1. The van der Waals surface area contributed by atoms with Crippen LogP contribution in [0.5, 0.6) is 5.75 Å². The number of halogens is 1. The van der Waals surface area contributed by atoms with Crippen molar-refractivity contribution in [2.75, 3.05) is 26.2 Å². The van der Waals surface area contributed by atoms with Crippen LogP contribution in [0, 0.1) is 0 Å². The number of amides is 1. The topological polar surface area (TPSA) is 41.6 Å². The molecule has 2 aliphatic heterocycles. The summed E-state index contributed by atoms with van der Waals surface area (Å²) in [6.07, 6.45) is 0. The number of carbonyl (C=O) groups excluding carboxylic acids is 1. The SMILES string of the molecule is Cl.O=C1c2cccc(-c3ccsc3)c2OCC2CNCCN12. The van der Waals surface area contributed by atoms with Crippen molar-refractivity contribution in [2.24, 2.45) is 0 Å². The van der Waals surface area contributed by atoms with Crippen molar-refractivity contribution >= 4 is 29.7 Å². The molecule has 1 saturated heterocycles. The number of fused-ring (bicyclic) bond motifs is 2. The second-order valence-corrected chi connectivity index (χ2v) is 6.14. The molecule has 3 heterocycles. The fraction of sp³-hybridized carbons (Fsp3) is 0.312. The molecule has 1 fully saturated rings. The highest BCUT2D eigenvalue weighted by Crippen LogP contribution is 2.37. The van der Waals surface area contributed by atoms with Crippen LogP contribution in [0.25, 0.3) is 11.1 Å². The molecule has 6 heteroatoms. The quantitative estimate of drug-likeness (QED) is 0.870. The second-order valence-electron chi connectivity index (χ2n) is 5.36. The molecule has 0 saturated carbocycles. The fourth-order valence-electron chi connectivity index (χ4n) is 3.02. The first-order valence-corrected chi connectivity index (χ1v) is 8.09. The predicted octanol–water partition coefficient (Wildman–Crippen LogP) is 2.64. The van der Waals surface area contributed by atoms with E-state index in [-0.39, 0.29) is 24.4 Å². The largest absolute Gasteiger partial charge is 0.490 e. The van der Waals surface area contributed by atoms with E-state index in [2.05, 4.69) is 16.8 Å². The minimum Gasteiger partial charge on any atom is -0.490 e. The molecule has 0 bridgehead atoms. The Bertz CT molecular complexity index is 675. The summed E-state index contributed by atoms with van der Waals surface area (Å²) in [4.78, 5) is 14.8. The molecule has 1 unspecified atom stereocenters. The molecule has 1 aromatic heterocycles. The summed E-state index contributed by atoms with van der Waals surface area (Å²) in [7, 11) is 0. The molecule has 1 atom stereocenters. The molecule has 116 valence electrons. The highest BCUT2D eigenvalue weighted by atomic mass is 35.5. The van der Waals surface area contributed by atoms with E-state index in [0.717, 1.165) is 36.5 Å². The number of carbonyl (C=O) groups is 1. The standard InChI is InChI=1S/C16H16N2O2S.ClH/c19-16-14-3-1-2-13(11-4-7-21-10-11)15(14)20-9-12-8-17-5-6-18(12)16;/h1-4,7,10,12,17H,5-6,8-9H2;1H. The fourth-order valence-corrected chi connectivity index (χ4v) is 3.67. The van der Waals surface area contributed by atoms with Gasteiger partial charge in [-0.1, -0.05) is 12.1 Å². The molecule has 4 rings (SSSR count). The molecular formula is C16H17ClN2O2S. The van der Waals surface area contributed by atoms with E-state index < -0.39 is 0 Å². The Labute approximate surface area is 139 Å². The molecule has 4 nitrogen and oxygen atoms in total. The molecule has 0 radical (unpaired) electrons. The number of nitrogens with one attached hydrogen (secondary N) is 1. The number of thiophene rings is 1. The zero-order chi connectivity index (χ0) is 14.2. The van der Waals surface area contributed by atoms with Gasteiger partial charge in [-0.25, -0.2) is 0 Å². The number of ether oxygens (including phenoxy) is 1. The summed E-state index contributed by atoms with van der Waals surface area (Å²) in [5.41, 5.74) is 2.81. The number of benzene rings is 1. The molecule has 22 heavy (non-hydrogen) atoms. The van der Waals surface area contributed by atoms with Crippen molar-refractivity contribution in [1.29, 1.82) is 0 Å². The van der Waals surface area contributed by atoms with E-state index in [1.54, 1.807) is 11.3 Å². The number of nitrogens with zero attached hydrogens (tertiary/aromatic N) is 1. The summed E-state index contributed by atoms with van der Waals surface area (Å²) in [6.45, 7) is 2.94. The van der Waals surface area contributed by atoms with Crippen molar-refractivity contribution in [1.82, 2.24) is 10.2 Å². The second kappa shape index (κ2) is 6.28. The van der Waals surface area contributed by atoms with Crippen molar-refractivity contribution < 1.29 is 9.53 Å². The minimum absolute atomic E-state index is 0. The Morgan fingerprint density at radius 2 is 2.14 bits per heavy atom. The zero-order valence-corrected chi connectivity index (χ0v) is 13.6. The van der Waals surface area contributed by atoms with Crippen LogP contribution in [-0.4, -0.2) is 43.1 Å². The molecule has 1 amide bonds. The molecule has 2 aliphatic rings. The maximum Gasteiger partial charge on any atom is 0.258 e. The number of hydrogen-bond donors (Lipinski definition) is 1. The Balaban J connectivity index is 0.00000144. The van der Waals surface area contributed by atoms with Crippen molar-refractivity contribution in [2.45, 2.75) is 6.04 Å². The van der Waals surface area contributed by atoms with Crippen LogP contribution < -0.4 is 10.1 Å². The molecule has 0 aliphatic carbocycles. The van der Waals surface area contributed by atoms with Crippen LogP contribution in [0.2, 0.25) is 0 Å². The molecule has 0 spiro atoms. The van der Waals surface area contributed by atoms with Crippen LogP contribution in [-0.2, 0) is 0 Å². The van der Waals surface area contributed by atoms with Crippen LogP contribution in [0.3, 0.4) is 0 Å². The van der Waals surface area contributed by atoms with Gasteiger partial charge in [0.05, 0.1) is 11.6 Å². The average molecular weight is 337 g/mol. The number of piperazine rings is 1. The molecule has 2 aromatic rings. The Morgan fingerprint density at radius 3 is 2.95 bits per heavy atom. The monoisotopic (exact) mass is 336 g/mol. The third-order valence-corrected chi connectivity index (χ3v) is 4.79. The van der Waals surface area contributed by atoms with Gasteiger partial charge in [0.2, 0.25) is 0 Å². The van der Waals surface area contributed by atoms with Gasteiger partial charge in [0.25, 0.3) is 5.91 Å².